The number of carbonyl (C=O) groups is 1. The SMILES string of the molecule is CC.CC1CC1(C)C(=O)c1c[nH]c2ccccc12.[HH]. The van der Waals surface area contributed by atoms with E-state index in [0.29, 0.717) is 5.92 Å². The van der Waals surface area contributed by atoms with Gasteiger partial charge in [-0.3, -0.25) is 4.79 Å². The highest BCUT2D eigenvalue weighted by Crippen LogP contribution is 2.54. The van der Waals surface area contributed by atoms with Crippen molar-refractivity contribution in [2.45, 2.75) is 34.1 Å². The van der Waals surface area contributed by atoms with Gasteiger partial charge in [-0.2, -0.15) is 0 Å². The normalized spacial score (nSPS) is 25.4. The summed E-state index contributed by atoms with van der Waals surface area (Å²) in [6.45, 7) is 8.22. The summed E-state index contributed by atoms with van der Waals surface area (Å²) in [5.41, 5.74) is 1.77. The zero-order valence-corrected chi connectivity index (χ0v) is 11.6. The molecular formula is C16H23NO. The Bertz CT molecular complexity index is 575. The van der Waals surface area contributed by atoms with E-state index in [1.165, 1.54) is 0 Å². The van der Waals surface area contributed by atoms with Crippen LogP contribution in [0.15, 0.2) is 30.5 Å². The molecule has 0 aliphatic heterocycles. The van der Waals surface area contributed by atoms with Crippen LogP contribution in [0.1, 0.15) is 45.9 Å². The van der Waals surface area contributed by atoms with Crippen molar-refractivity contribution < 1.29 is 6.22 Å². The maximum atomic E-state index is 12.4. The maximum Gasteiger partial charge on any atom is 0.171 e. The van der Waals surface area contributed by atoms with Crippen LogP contribution in [0.5, 0.6) is 0 Å². The lowest BCUT2D eigenvalue weighted by atomic mass is 9.94. The second-order valence-corrected chi connectivity index (χ2v) is 5.10. The van der Waals surface area contributed by atoms with Gasteiger partial charge in [-0.15, -0.1) is 0 Å². The van der Waals surface area contributed by atoms with Crippen molar-refractivity contribution in [3.8, 4) is 0 Å². The molecule has 0 bridgehead atoms. The summed E-state index contributed by atoms with van der Waals surface area (Å²) in [5, 5.41) is 1.05. The molecule has 1 fully saturated rings. The quantitative estimate of drug-likeness (QED) is 0.766. The first-order valence-electron chi connectivity index (χ1n) is 6.74. The van der Waals surface area contributed by atoms with E-state index in [9.17, 15) is 4.79 Å². The maximum absolute atomic E-state index is 12.4. The van der Waals surface area contributed by atoms with Crippen molar-refractivity contribution in [2.24, 2.45) is 11.3 Å². The minimum Gasteiger partial charge on any atom is -0.360 e. The van der Waals surface area contributed by atoms with Gasteiger partial charge in [0.1, 0.15) is 0 Å². The Hall–Kier alpha value is -1.57. The van der Waals surface area contributed by atoms with Crippen LogP contribution in [-0.2, 0) is 0 Å². The number of ketones is 1. The fourth-order valence-corrected chi connectivity index (χ4v) is 2.46. The molecule has 2 atom stereocenters. The monoisotopic (exact) mass is 245 g/mol. The molecule has 98 valence electrons. The zero-order valence-electron chi connectivity index (χ0n) is 11.6. The molecule has 1 aliphatic rings. The molecule has 2 nitrogen and oxygen atoms in total. The Morgan fingerprint density at radius 2 is 2.00 bits per heavy atom. The molecule has 1 aromatic carbocycles. The highest BCUT2D eigenvalue weighted by atomic mass is 16.1. The number of nitrogens with one attached hydrogen (secondary N) is 1. The average Bonchev–Trinajstić information content (AvgIpc) is 2.86. The van der Waals surface area contributed by atoms with E-state index < -0.39 is 0 Å². The topological polar surface area (TPSA) is 32.9 Å². The highest BCUT2D eigenvalue weighted by molar-refractivity contribution is 6.11. The van der Waals surface area contributed by atoms with Crippen LogP contribution in [0.25, 0.3) is 10.9 Å². The number of hydrogen-bond donors (Lipinski definition) is 1. The molecule has 18 heavy (non-hydrogen) atoms. The van der Waals surface area contributed by atoms with Gasteiger partial charge >= 0.3 is 0 Å². The van der Waals surface area contributed by atoms with Crippen LogP contribution in [0.3, 0.4) is 0 Å². The molecule has 0 radical (unpaired) electrons. The molecule has 2 aromatic rings. The Kier molecular flexibility index (Phi) is 3.29. The largest absolute Gasteiger partial charge is 0.360 e. The number of benzene rings is 1. The summed E-state index contributed by atoms with van der Waals surface area (Å²) < 4.78 is 0. The smallest absolute Gasteiger partial charge is 0.171 e. The number of hydrogen-bond acceptors (Lipinski definition) is 1. The van der Waals surface area contributed by atoms with E-state index >= 15 is 0 Å². The van der Waals surface area contributed by atoms with Crippen LogP contribution in [-0.4, -0.2) is 10.8 Å². The number of aromatic amines is 1. The molecule has 0 amide bonds. The number of aromatic nitrogens is 1. The highest BCUT2D eigenvalue weighted by Gasteiger charge is 2.53. The van der Waals surface area contributed by atoms with Crippen molar-refractivity contribution in [3.05, 3.63) is 36.0 Å². The number of Topliss-reactive ketones (excluding diaryl/α,β-unsaturated/α-hetero) is 1. The fraction of sp³-hybridized carbons (Fsp3) is 0.438. The summed E-state index contributed by atoms with van der Waals surface area (Å²) in [7, 11) is 0. The Balaban J connectivity index is 0.000000576. The van der Waals surface area contributed by atoms with Crippen molar-refractivity contribution in [2.75, 3.05) is 0 Å². The van der Waals surface area contributed by atoms with Crippen molar-refractivity contribution in [1.82, 2.24) is 4.98 Å². The van der Waals surface area contributed by atoms with Gasteiger partial charge in [-0.1, -0.05) is 45.9 Å². The zero-order chi connectivity index (χ0) is 13.3. The van der Waals surface area contributed by atoms with E-state index in [1.54, 1.807) is 0 Å². The van der Waals surface area contributed by atoms with Crippen LogP contribution in [0.2, 0.25) is 0 Å². The van der Waals surface area contributed by atoms with E-state index in [4.69, 9.17) is 0 Å². The van der Waals surface area contributed by atoms with Crippen LogP contribution in [0, 0.1) is 11.3 Å². The third-order valence-corrected chi connectivity index (χ3v) is 4.01. The Morgan fingerprint density at radius 1 is 1.39 bits per heavy atom. The minimum atomic E-state index is -0.120. The standard InChI is InChI=1S/C14H15NO.C2H6.H2/c1-9-7-14(9,2)13(16)11-8-15-12-6-4-3-5-10(11)12;1-2;/h3-6,8-9,15H,7H2,1-2H3;1-2H3;1H. The number of fused-ring (bicyclic) bond motifs is 1. The third kappa shape index (κ3) is 1.86. The summed E-state index contributed by atoms with van der Waals surface area (Å²) in [5.74, 6) is 0.811. The molecule has 1 saturated carbocycles. The Morgan fingerprint density at radius 3 is 2.61 bits per heavy atom. The number of rotatable bonds is 2. The Labute approximate surface area is 110 Å². The first kappa shape index (κ1) is 12.9. The molecule has 0 spiro atoms. The first-order valence-corrected chi connectivity index (χ1v) is 6.74. The summed E-state index contributed by atoms with van der Waals surface area (Å²) in [6.07, 6.45) is 2.87. The molecule has 1 aromatic heterocycles. The van der Waals surface area contributed by atoms with Crippen molar-refractivity contribution in [3.63, 3.8) is 0 Å². The second kappa shape index (κ2) is 4.60. The predicted octanol–water partition coefficient (Wildman–Crippen LogP) is 4.67. The van der Waals surface area contributed by atoms with Gasteiger partial charge in [0.05, 0.1) is 0 Å². The van der Waals surface area contributed by atoms with E-state index in [-0.39, 0.29) is 12.6 Å². The van der Waals surface area contributed by atoms with Crippen LogP contribution < -0.4 is 0 Å². The molecule has 2 heteroatoms. The van der Waals surface area contributed by atoms with Gasteiger partial charge in [-0.25, -0.2) is 0 Å². The number of carbonyl (C=O) groups excluding carboxylic acids is 1. The molecule has 0 saturated heterocycles. The van der Waals surface area contributed by atoms with Crippen LogP contribution in [0.4, 0.5) is 0 Å². The number of H-pyrrole nitrogens is 1. The van der Waals surface area contributed by atoms with Gasteiger partial charge in [0.2, 0.25) is 0 Å². The average molecular weight is 245 g/mol. The predicted molar refractivity (Wildman–Crippen MR) is 78.0 cm³/mol. The van der Waals surface area contributed by atoms with Crippen molar-refractivity contribution in [1.29, 1.82) is 0 Å². The van der Waals surface area contributed by atoms with Gasteiger partial charge in [0.25, 0.3) is 0 Å². The first-order chi connectivity index (χ1) is 8.63. The molecular weight excluding hydrogens is 222 g/mol. The second-order valence-electron chi connectivity index (χ2n) is 5.10. The molecule has 1 aliphatic carbocycles. The van der Waals surface area contributed by atoms with Crippen LogP contribution >= 0.6 is 0 Å². The van der Waals surface area contributed by atoms with E-state index in [2.05, 4.69) is 18.8 Å². The van der Waals surface area contributed by atoms with Gasteiger partial charge < -0.3 is 4.98 Å². The summed E-state index contributed by atoms with van der Waals surface area (Å²) >= 11 is 0. The lowest BCUT2D eigenvalue weighted by Gasteiger charge is -2.07. The van der Waals surface area contributed by atoms with Crippen molar-refractivity contribution >= 4 is 16.7 Å². The fourth-order valence-electron chi connectivity index (χ4n) is 2.46. The van der Waals surface area contributed by atoms with E-state index in [1.807, 2.05) is 44.3 Å². The molecule has 1 N–H and O–H groups in total. The molecule has 1 heterocycles. The lowest BCUT2D eigenvalue weighted by molar-refractivity contribution is 0.0904. The summed E-state index contributed by atoms with van der Waals surface area (Å²) in [4.78, 5) is 15.6. The van der Waals surface area contributed by atoms with Gasteiger partial charge in [0, 0.05) is 29.5 Å². The van der Waals surface area contributed by atoms with Gasteiger partial charge in [-0.05, 0) is 18.4 Å². The molecule has 2 unspecified atom stereocenters. The lowest BCUT2D eigenvalue weighted by Crippen LogP contribution is -2.13. The van der Waals surface area contributed by atoms with Gasteiger partial charge in [0.15, 0.2) is 5.78 Å². The third-order valence-electron chi connectivity index (χ3n) is 4.01. The summed E-state index contributed by atoms with van der Waals surface area (Å²) in [6, 6.07) is 7.97. The number of para-hydroxylation sites is 1. The van der Waals surface area contributed by atoms with E-state index in [0.717, 1.165) is 22.9 Å². The molecule has 3 rings (SSSR count). The minimum absolute atomic E-state index is 0.